The van der Waals surface area contributed by atoms with Gasteiger partial charge in [0.15, 0.2) is 0 Å². The molecule has 2 rings (SSSR count). The van der Waals surface area contributed by atoms with Crippen LogP contribution in [0.5, 0.6) is 0 Å². The second-order valence-electron chi connectivity index (χ2n) is 4.49. The van der Waals surface area contributed by atoms with E-state index in [0.29, 0.717) is 23.4 Å². The van der Waals surface area contributed by atoms with Crippen molar-refractivity contribution in [3.05, 3.63) is 65.1 Å². The zero-order chi connectivity index (χ0) is 15.2. The Kier molecular flexibility index (Phi) is 4.56. The summed E-state index contributed by atoms with van der Waals surface area (Å²) in [5.74, 6) is 0.204. The molecule has 5 heteroatoms. The van der Waals surface area contributed by atoms with Crippen LogP contribution in [0.15, 0.2) is 46.9 Å². The third-order valence-electron chi connectivity index (χ3n) is 2.79. The minimum absolute atomic E-state index is 0.241. The van der Waals surface area contributed by atoms with E-state index in [1.807, 2.05) is 19.1 Å². The highest BCUT2D eigenvalue weighted by atomic mass is 16.4. The molecule has 1 aromatic carbocycles. The molecule has 0 saturated carbocycles. The molecule has 1 amide bonds. The summed E-state index contributed by atoms with van der Waals surface area (Å²) in [5, 5.41) is 11.3. The first-order valence-corrected chi connectivity index (χ1v) is 6.39. The number of hydrogen-bond acceptors (Lipinski definition) is 3. The van der Waals surface area contributed by atoms with Gasteiger partial charge in [0.2, 0.25) is 0 Å². The second-order valence-corrected chi connectivity index (χ2v) is 4.49. The third kappa shape index (κ3) is 4.35. The molecule has 0 radical (unpaired) electrons. The summed E-state index contributed by atoms with van der Waals surface area (Å²) in [6.07, 6.45) is 2.47. The van der Waals surface area contributed by atoms with Crippen molar-refractivity contribution in [3.63, 3.8) is 0 Å². The van der Waals surface area contributed by atoms with Gasteiger partial charge in [-0.2, -0.15) is 0 Å². The lowest BCUT2D eigenvalue weighted by molar-refractivity contribution is -0.131. The van der Waals surface area contributed by atoms with Gasteiger partial charge in [-0.1, -0.05) is 12.1 Å². The van der Waals surface area contributed by atoms with E-state index in [1.54, 1.807) is 24.3 Å². The predicted molar refractivity (Wildman–Crippen MR) is 77.7 cm³/mol. The van der Waals surface area contributed by atoms with Crippen molar-refractivity contribution in [3.8, 4) is 0 Å². The molecule has 0 aliphatic carbocycles. The molecule has 2 aromatic rings. The van der Waals surface area contributed by atoms with Crippen molar-refractivity contribution in [1.29, 1.82) is 0 Å². The number of amides is 1. The van der Waals surface area contributed by atoms with Crippen LogP contribution in [-0.4, -0.2) is 17.0 Å². The van der Waals surface area contributed by atoms with Gasteiger partial charge in [-0.3, -0.25) is 4.79 Å². The number of carbonyl (C=O) groups excluding carboxylic acids is 1. The summed E-state index contributed by atoms with van der Waals surface area (Å²) >= 11 is 0. The van der Waals surface area contributed by atoms with Gasteiger partial charge < -0.3 is 14.8 Å². The van der Waals surface area contributed by atoms with Crippen LogP contribution in [0, 0.1) is 6.92 Å². The van der Waals surface area contributed by atoms with Crippen LogP contribution < -0.4 is 5.32 Å². The quantitative estimate of drug-likeness (QED) is 0.828. The van der Waals surface area contributed by atoms with Crippen LogP contribution in [0.4, 0.5) is 0 Å². The number of hydrogen-bond donors (Lipinski definition) is 2. The van der Waals surface area contributed by atoms with Crippen molar-refractivity contribution in [1.82, 2.24) is 5.32 Å². The summed E-state index contributed by atoms with van der Waals surface area (Å²) in [6.45, 7) is 2.14. The Morgan fingerprint density at radius 2 is 2.10 bits per heavy atom. The largest absolute Gasteiger partial charge is 0.478 e. The molecule has 0 unspecified atom stereocenters. The molecule has 21 heavy (non-hydrogen) atoms. The molecule has 0 aliphatic heterocycles. The highest BCUT2D eigenvalue weighted by molar-refractivity contribution is 5.95. The molecule has 0 fully saturated rings. The van der Waals surface area contributed by atoms with Gasteiger partial charge in [0.1, 0.15) is 11.5 Å². The van der Waals surface area contributed by atoms with Crippen molar-refractivity contribution in [2.75, 3.05) is 0 Å². The van der Waals surface area contributed by atoms with Crippen molar-refractivity contribution in [2.45, 2.75) is 13.5 Å². The number of furan rings is 1. The highest BCUT2D eigenvalue weighted by Crippen LogP contribution is 2.09. The maximum Gasteiger partial charge on any atom is 0.328 e. The maximum atomic E-state index is 12.0. The molecule has 1 heterocycles. The SMILES string of the molecule is Cc1ccc(CNC(=O)c2cccc(C=CC(=O)O)c2)o1. The Hall–Kier alpha value is -2.82. The monoisotopic (exact) mass is 285 g/mol. The normalized spacial score (nSPS) is 10.7. The number of aliphatic carboxylic acids is 1. The average Bonchev–Trinajstić information content (AvgIpc) is 2.88. The molecular weight excluding hydrogens is 270 g/mol. The summed E-state index contributed by atoms with van der Waals surface area (Å²) in [5.41, 5.74) is 1.12. The van der Waals surface area contributed by atoms with Gasteiger partial charge in [0.25, 0.3) is 5.91 Å². The lowest BCUT2D eigenvalue weighted by Gasteiger charge is -2.04. The van der Waals surface area contributed by atoms with E-state index < -0.39 is 5.97 Å². The van der Waals surface area contributed by atoms with E-state index in [1.165, 1.54) is 6.08 Å². The van der Waals surface area contributed by atoms with E-state index in [2.05, 4.69) is 5.32 Å². The Morgan fingerprint density at radius 3 is 2.76 bits per heavy atom. The molecule has 0 bridgehead atoms. The standard InChI is InChI=1S/C16H15NO4/c1-11-5-7-14(21-11)10-17-16(20)13-4-2-3-12(9-13)6-8-15(18)19/h2-9H,10H2,1H3,(H,17,20)(H,18,19). The summed E-state index contributed by atoms with van der Waals surface area (Å²) in [4.78, 5) is 22.5. The van der Waals surface area contributed by atoms with Crippen molar-refractivity contribution < 1.29 is 19.1 Å². The summed E-state index contributed by atoms with van der Waals surface area (Å²) < 4.78 is 5.37. The van der Waals surface area contributed by atoms with E-state index >= 15 is 0 Å². The van der Waals surface area contributed by atoms with Crippen LogP contribution in [0.3, 0.4) is 0 Å². The number of carboxylic acids is 1. The lowest BCUT2D eigenvalue weighted by Crippen LogP contribution is -2.22. The topological polar surface area (TPSA) is 79.5 Å². The summed E-state index contributed by atoms with van der Waals surface area (Å²) in [7, 11) is 0. The minimum atomic E-state index is -1.03. The van der Waals surface area contributed by atoms with E-state index in [0.717, 1.165) is 11.8 Å². The lowest BCUT2D eigenvalue weighted by atomic mass is 10.1. The minimum Gasteiger partial charge on any atom is -0.478 e. The van der Waals surface area contributed by atoms with Crippen LogP contribution in [-0.2, 0) is 11.3 Å². The average molecular weight is 285 g/mol. The van der Waals surface area contributed by atoms with Crippen LogP contribution in [0.1, 0.15) is 27.4 Å². The summed E-state index contributed by atoms with van der Waals surface area (Å²) in [6, 6.07) is 10.4. The molecule has 5 nitrogen and oxygen atoms in total. The highest BCUT2D eigenvalue weighted by Gasteiger charge is 2.07. The number of rotatable bonds is 5. The van der Waals surface area contributed by atoms with E-state index in [4.69, 9.17) is 9.52 Å². The third-order valence-corrected chi connectivity index (χ3v) is 2.79. The Balaban J connectivity index is 2.02. The smallest absolute Gasteiger partial charge is 0.328 e. The zero-order valence-electron chi connectivity index (χ0n) is 11.5. The molecule has 2 N–H and O–H groups in total. The van der Waals surface area contributed by atoms with Crippen molar-refractivity contribution in [2.24, 2.45) is 0 Å². The molecule has 108 valence electrons. The van der Waals surface area contributed by atoms with Crippen LogP contribution >= 0.6 is 0 Å². The number of carbonyl (C=O) groups is 2. The maximum absolute atomic E-state index is 12.0. The molecule has 0 aliphatic rings. The number of benzene rings is 1. The van der Waals surface area contributed by atoms with Crippen molar-refractivity contribution >= 4 is 18.0 Å². The fraction of sp³-hybridized carbons (Fsp3) is 0.125. The van der Waals surface area contributed by atoms with Crippen LogP contribution in [0.25, 0.3) is 6.08 Å². The van der Waals surface area contributed by atoms with E-state index in [-0.39, 0.29) is 5.91 Å². The van der Waals surface area contributed by atoms with Gasteiger partial charge in [-0.25, -0.2) is 4.79 Å². The van der Waals surface area contributed by atoms with Gasteiger partial charge in [-0.05, 0) is 42.8 Å². The predicted octanol–water partition coefficient (Wildman–Crippen LogP) is 2.62. The molecule has 0 saturated heterocycles. The Morgan fingerprint density at radius 1 is 1.29 bits per heavy atom. The Bertz CT molecular complexity index is 685. The first-order chi connectivity index (χ1) is 10.0. The fourth-order valence-corrected chi connectivity index (χ4v) is 1.80. The first kappa shape index (κ1) is 14.6. The van der Waals surface area contributed by atoms with Gasteiger partial charge in [-0.15, -0.1) is 0 Å². The number of aryl methyl sites for hydroxylation is 1. The molecule has 0 spiro atoms. The van der Waals surface area contributed by atoms with Gasteiger partial charge >= 0.3 is 5.97 Å². The zero-order valence-corrected chi connectivity index (χ0v) is 11.5. The fourth-order valence-electron chi connectivity index (χ4n) is 1.80. The molecule has 1 aromatic heterocycles. The first-order valence-electron chi connectivity index (χ1n) is 6.39. The number of nitrogens with one attached hydrogen (secondary N) is 1. The molecular formula is C16H15NO4. The van der Waals surface area contributed by atoms with E-state index in [9.17, 15) is 9.59 Å². The van der Waals surface area contributed by atoms with Crippen LogP contribution in [0.2, 0.25) is 0 Å². The molecule has 0 atom stereocenters. The van der Waals surface area contributed by atoms with Gasteiger partial charge in [0, 0.05) is 11.6 Å². The number of carboxylic acid groups (broad SMARTS) is 1. The second kappa shape index (κ2) is 6.56. The van der Waals surface area contributed by atoms with Gasteiger partial charge in [0.05, 0.1) is 6.54 Å². The Labute approximate surface area is 121 Å².